The third-order valence-corrected chi connectivity index (χ3v) is 1.37. The van der Waals surface area contributed by atoms with Gasteiger partial charge in [-0.2, -0.15) is 0 Å². The van der Waals surface area contributed by atoms with E-state index >= 15 is 0 Å². The minimum atomic E-state index is -0.144. The number of amidine groups is 1. The summed E-state index contributed by atoms with van der Waals surface area (Å²) in [5, 5.41) is 4.83. The molecule has 0 fully saturated rings. The molecule has 6 heteroatoms. The number of ketones is 1. The van der Waals surface area contributed by atoms with E-state index in [1.807, 2.05) is 0 Å². The molecule has 6 nitrogen and oxygen atoms in total. The molecule has 0 aliphatic carbocycles. The highest BCUT2D eigenvalue weighted by Gasteiger charge is 2.26. The van der Waals surface area contributed by atoms with E-state index in [1.54, 1.807) is 0 Å². The van der Waals surface area contributed by atoms with Gasteiger partial charge in [0.15, 0.2) is 5.71 Å². The zero-order valence-electron chi connectivity index (χ0n) is 5.56. The number of hydrogen-bond donors (Lipinski definition) is 1. The van der Waals surface area contributed by atoms with Gasteiger partial charge in [0.1, 0.15) is 12.9 Å². The molecular weight excluding hydrogens is 146 g/mol. The number of carbonyl (C=O) groups excluding carboxylic acids is 1. The number of nitrogens with zero attached hydrogens (tertiary/aromatic N) is 4. The molecule has 11 heavy (non-hydrogen) atoms. The van der Waals surface area contributed by atoms with E-state index in [9.17, 15) is 4.79 Å². The average Bonchev–Trinajstić information content (AvgIpc) is 2.34. The van der Waals surface area contributed by atoms with Gasteiger partial charge >= 0.3 is 0 Å². The molecule has 0 saturated carbocycles. The number of hydrogen-bond acceptors (Lipinski definition) is 6. The Kier molecular flexibility index (Phi) is 1.10. The number of carbonyl (C=O) groups is 1. The molecule has 2 aliphatic rings. The molecule has 2 heterocycles. The van der Waals surface area contributed by atoms with Gasteiger partial charge in [-0.25, -0.2) is 20.9 Å². The van der Waals surface area contributed by atoms with Crippen LogP contribution in [0.2, 0.25) is 0 Å². The minimum absolute atomic E-state index is 0.0751. The van der Waals surface area contributed by atoms with E-state index in [2.05, 4.69) is 15.1 Å². The normalized spacial score (nSPS) is 21.5. The van der Waals surface area contributed by atoms with Gasteiger partial charge in [0, 0.05) is 0 Å². The third kappa shape index (κ3) is 0.838. The fourth-order valence-corrected chi connectivity index (χ4v) is 0.909. The van der Waals surface area contributed by atoms with Gasteiger partial charge in [0.05, 0.1) is 0 Å². The maximum atomic E-state index is 11.1. The van der Waals surface area contributed by atoms with E-state index in [1.165, 1.54) is 6.34 Å². The summed E-state index contributed by atoms with van der Waals surface area (Å²) in [4.78, 5) is 18.5. The first-order valence-corrected chi connectivity index (χ1v) is 3.02. The molecular formula is C5H5N5O. The van der Waals surface area contributed by atoms with Gasteiger partial charge in [-0.05, 0) is 0 Å². The Labute approximate surface area is 62.1 Å². The van der Waals surface area contributed by atoms with Crippen molar-refractivity contribution in [3.05, 3.63) is 0 Å². The van der Waals surface area contributed by atoms with Crippen LogP contribution < -0.4 is 5.84 Å². The Balaban J connectivity index is 2.45. The molecule has 0 aromatic rings. The summed E-state index contributed by atoms with van der Waals surface area (Å²) in [5.41, 5.74) is 0.312. The van der Waals surface area contributed by atoms with Crippen molar-refractivity contribution in [1.29, 1.82) is 0 Å². The highest BCUT2D eigenvalue weighted by atomic mass is 16.1. The summed E-state index contributed by atoms with van der Waals surface area (Å²) in [6.45, 7) is 0.0751. The first-order chi connectivity index (χ1) is 5.27. The molecule has 2 rings (SSSR count). The van der Waals surface area contributed by atoms with Crippen LogP contribution in [0.1, 0.15) is 0 Å². The molecule has 56 valence electrons. The Morgan fingerprint density at radius 3 is 3.27 bits per heavy atom. The molecule has 0 spiro atoms. The summed E-state index contributed by atoms with van der Waals surface area (Å²) in [5.74, 6) is 5.44. The number of nitrogens with two attached hydrogens (primary N) is 1. The van der Waals surface area contributed by atoms with E-state index < -0.39 is 0 Å². The van der Waals surface area contributed by atoms with E-state index in [-0.39, 0.29) is 12.3 Å². The molecule has 0 saturated heterocycles. The van der Waals surface area contributed by atoms with Crippen LogP contribution in [-0.2, 0) is 4.79 Å². The lowest BCUT2D eigenvalue weighted by molar-refractivity contribution is -0.114. The average molecular weight is 151 g/mol. The van der Waals surface area contributed by atoms with E-state index in [4.69, 9.17) is 5.84 Å². The zero-order valence-corrected chi connectivity index (χ0v) is 5.56. The standard InChI is InChI=1S/C5H5N5O/c6-10-1-3(11)4-5(9-10)8-2-7-4/h2H,1,6H2. The van der Waals surface area contributed by atoms with Crippen LogP contribution in [0, 0.1) is 0 Å². The third-order valence-electron chi connectivity index (χ3n) is 1.37. The van der Waals surface area contributed by atoms with Crippen molar-refractivity contribution in [2.75, 3.05) is 6.54 Å². The summed E-state index contributed by atoms with van der Waals surface area (Å²) < 4.78 is 0. The van der Waals surface area contributed by atoms with Crippen molar-refractivity contribution in [2.45, 2.75) is 0 Å². The van der Waals surface area contributed by atoms with Crippen LogP contribution in [0.25, 0.3) is 0 Å². The number of aliphatic imine (C=N–C) groups is 2. The molecule has 0 radical (unpaired) electrons. The monoisotopic (exact) mass is 151 g/mol. The van der Waals surface area contributed by atoms with Crippen LogP contribution in [0.5, 0.6) is 0 Å². The number of fused-ring (bicyclic) bond motifs is 1. The second-order valence-electron chi connectivity index (χ2n) is 2.17. The van der Waals surface area contributed by atoms with Gasteiger partial charge in [-0.1, -0.05) is 0 Å². The van der Waals surface area contributed by atoms with Gasteiger partial charge in [0.2, 0.25) is 11.6 Å². The Hall–Kier alpha value is -1.56. The maximum Gasteiger partial charge on any atom is 0.207 e. The number of rotatable bonds is 0. The summed E-state index contributed by atoms with van der Waals surface area (Å²) in [6.07, 6.45) is 1.30. The summed E-state index contributed by atoms with van der Waals surface area (Å²) in [6, 6.07) is 0. The zero-order chi connectivity index (χ0) is 7.84. The fraction of sp³-hybridized carbons (Fsp3) is 0.200. The maximum absolute atomic E-state index is 11.1. The molecule has 0 bridgehead atoms. The van der Waals surface area contributed by atoms with E-state index in [0.717, 1.165) is 5.12 Å². The lowest BCUT2D eigenvalue weighted by Gasteiger charge is -2.15. The lowest BCUT2D eigenvalue weighted by atomic mass is 10.2. The minimum Gasteiger partial charge on any atom is -0.290 e. The van der Waals surface area contributed by atoms with Crippen LogP contribution >= 0.6 is 0 Å². The topological polar surface area (TPSA) is 83.4 Å². The second-order valence-corrected chi connectivity index (χ2v) is 2.17. The van der Waals surface area contributed by atoms with Crippen molar-refractivity contribution < 1.29 is 4.79 Å². The van der Waals surface area contributed by atoms with Gasteiger partial charge < -0.3 is 0 Å². The van der Waals surface area contributed by atoms with Crippen LogP contribution in [0.3, 0.4) is 0 Å². The molecule has 0 unspecified atom stereocenters. The fourth-order valence-electron chi connectivity index (χ4n) is 0.909. The summed E-state index contributed by atoms with van der Waals surface area (Å²) >= 11 is 0. The molecule has 0 aromatic heterocycles. The number of hydrazone groups is 1. The van der Waals surface area contributed by atoms with Crippen molar-refractivity contribution in [1.82, 2.24) is 5.12 Å². The quantitative estimate of drug-likeness (QED) is 0.429. The first-order valence-electron chi connectivity index (χ1n) is 3.02. The molecule has 0 amide bonds. The number of Topliss-reactive ketones (excluding diaryl/α,β-unsaturated/α-hetero) is 1. The predicted molar refractivity (Wildman–Crippen MR) is 39.3 cm³/mol. The molecule has 2 aliphatic heterocycles. The molecule has 0 atom stereocenters. The van der Waals surface area contributed by atoms with Crippen molar-refractivity contribution in [3.63, 3.8) is 0 Å². The van der Waals surface area contributed by atoms with Crippen molar-refractivity contribution in [2.24, 2.45) is 20.9 Å². The lowest BCUT2D eigenvalue weighted by Crippen LogP contribution is -2.42. The molecule has 2 N–H and O–H groups in total. The number of hydrazine groups is 1. The highest BCUT2D eigenvalue weighted by Crippen LogP contribution is 2.03. The van der Waals surface area contributed by atoms with Gasteiger partial charge in [-0.15, -0.1) is 5.10 Å². The van der Waals surface area contributed by atoms with Crippen LogP contribution in [-0.4, -0.2) is 35.3 Å². The Bertz CT molecular complexity index is 302. The van der Waals surface area contributed by atoms with Crippen molar-refractivity contribution >= 4 is 23.7 Å². The smallest absolute Gasteiger partial charge is 0.207 e. The van der Waals surface area contributed by atoms with Crippen molar-refractivity contribution in [3.8, 4) is 0 Å². The largest absolute Gasteiger partial charge is 0.290 e. The second kappa shape index (κ2) is 1.96. The predicted octanol–water partition coefficient (Wildman–Crippen LogP) is -1.46. The van der Waals surface area contributed by atoms with Crippen LogP contribution in [0.15, 0.2) is 15.1 Å². The van der Waals surface area contributed by atoms with Gasteiger partial charge in [0.25, 0.3) is 0 Å². The molecule has 0 aromatic carbocycles. The van der Waals surface area contributed by atoms with Crippen LogP contribution in [0.4, 0.5) is 0 Å². The first kappa shape index (κ1) is 6.17. The van der Waals surface area contributed by atoms with Gasteiger partial charge in [-0.3, -0.25) is 4.79 Å². The Morgan fingerprint density at radius 2 is 2.45 bits per heavy atom. The summed E-state index contributed by atoms with van der Waals surface area (Å²) in [7, 11) is 0. The Morgan fingerprint density at radius 1 is 1.64 bits per heavy atom. The SMILES string of the molecule is NN1CC(=O)C2=NC=NC2=N1. The van der Waals surface area contributed by atoms with E-state index in [0.29, 0.717) is 11.5 Å². The highest BCUT2D eigenvalue weighted by molar-refractivity contribution is 6.70.